The molecule has 1 unspecified atom stereocenters. The number of aryl methyl sites for hydroxylation is 1. The molecule has 1 atom stereocenters. The smallest absolute Gasteiger partial charge is 0.175 e. The lowest BCUT2D eigenvalue weighted by atomic mass is 9.98. The van der Waals surface area contributed by atoms with Gasteiger partial charge in [-0.15, -0.1) is 10.2 Å². The summed E-state index contributed by atoms with van der Waals surface area (Å²) in [4.78, 5) is 1.46. The highest BCUT2D eigenvalue weighted by Crippen LogP contribution is 2.15. The van der Waals surface area contributed by atoms with Gasteiger partial charge < -0.3 is 0 Å². The number of aromatic nitrogens is 4. The second-order valence-electron chi connectivity index (χ2n) is 4.25. The van der Waals surface area contributed by atoms with Gasteiger partial charge in [0.1, 0.15) is 5.82 Å². The Morgan fingerprint density at radius 2 is 2.00 bits per heavy atom. The van der Waals surface area contributed by atoms with Gasteiger partial charge in [0.25, 0.3) is 0 Å². The van der Waals surface area contributed by atoms with Crippen LogP contribution in [0.5, 0.6) is 0 Å². The van der Waals surface area contributed by atoms with E-state index in [4.69, 9.17) is 0 Å². The maximum absolute atomic E-state index is 12.8. The lowest BCUT2D eigenvalue weighted by molar-refractivity contribution is 0.565. The first kappa shape index (κ1) is 13.1. The second kappa shape index (κ2) is 6.04. The fourth-order valence-corrected chi connectivity index (χ4v) is 2.26. The van der Waals surface area contributed by atoms with Crippen LogP contribution in [0.2, 0.25) is 0 Å². The molecule has 1 heterocycles. The average molecular weight is 313 g/mol. The number of halogens is 2. The van der Waals surface area contributed by atoms with E-state index in [2.05, 4.69) is 31.3 Å². The summed E-state index contributed by atoms with van der Waals surface area (Å²) in [5, 5.41) is 12.8. The summed E-state index contributed by atoms with van der Waals surface area (Å²) < 4.78 is 12.8. The van der Waals surface area contributed by atoms with Gasteiger partial charge in [0.2, 0.25) is 0 Å². The van der Waals surface area contributed by atoms with E-state index in [9.17, 15) is 4.39 Å². The zero-order chi connectivity index (χ0) is 13.0. The monoisotopic (exact) mass is 312 g/mol. The summed E-state index contributed by atoms with van der Waals surface area (Å²) >= 11 is 3.50. The summed E-state index contributed by atoms with van der Waals surface area (Å²) in [6, 6.07) is 6.60. The number of benzene rings is 1. The van der Waals surface area contributed by atoms with E-state index in [-0.39, 0.29) is 5.82 Å². The topological polar surface area (TPSA) is 43.6 Å². The van der Waals surface area contributed by atoms with Gasteiger partial charge in [0.15, 0.2) is 5.82 Å². The second-order valence-corrected chi connectivity index (χ2v) is 4.90. The zero-order valence-electron chi connectivity index (χ0n) is 10.1. The van der Waals surface area contributed by atoms with Crippen molar-refractivity contribution >= 4 is 15.9 Å². The molecule has 2 aromatic rings. The van der Waals surface area contributed by atoms with Gasteiger partial charge >= 0.3 is 0 Å². The number of hydrogen-bond acceptors (Lipinski definition) is 3. The Labute approximate surface area is 113 Å². The molecule has 4 nitrogen and oxygen atoms in total. The molecule has 0 spiro atoms. The van der Waals surface area contributed by atoms with E-state index in [0.717, 1.165) is 29.6 Å². The van der Waals surface area contributed by atoms with Gasteiger partial charge in [-0.25, -0.2) is 4.39 Å². The van der Waals surface area contributed by atoms with E-state index >= 15 is 0 Å². The molecule has 0 fully saturated rings. The van der Waals surface area contributed by atoms with Gasteiger partial charge in [-0.2, -0.15) is 4.80 Å². The maximum Gasteiger partial charge on any atom is 0.175 e. The molecular weight excluding hydrogens is 299 g/mol. The van der Waals surface area contributed by atoms with Crippen molar-refractivity contribution in [1.82, 2.24) is 20.2 Å². The Bertz CT molecular complexity index is 497. The van der Waals surface area contributed by atoms with E-state index in [1.54, 1.807) is 7.05 Å². The van der Waals surface area contributed by atoms with Crippen molar-refractivity contribution in [3.63, 3.8) is 0 Å². The van der Waals surface area contributed by atoms with Crippen molar-refractivity contribution < 1.29 is 4.39 Å². The summed E-state index contributed by atoms with van der Waals surface area (Å²) in [5.41, 5.74) is 1.12. The molecular formula is C12H14BrFN4. The van der Waals surface area contributed by atoms with Crippen LogP contribution in [-0.2, 0) is 19.9 Å². The lowest BCUT2D eigenvalue weighted by Gasteiger charge is -2.11. The Balaban J connectivity index is 1.99. The molecule has 0 aliphatic carbocycles. The molecule has 0 saturated carbocycles. The molecule has 6 heteroatoms. The lowest BCUT2D eigenvalue weighted by Crippen LogP contribution is -2.11. The SMILES string of the molecule is Cn1nnc(CC(CBr)Cc2ccc(F)cc2)n1. The molecule has 0 saturated heterocycles. The minimum Gasteiger partial charge on any atom is -0.207 e. The van der Waals surface area contributed by atoms with Crippen LogP contribution in [0.15, 0.2) is 24.3 Å². The molecule has 0 bridgehead atoms. The molecule has 1 aromatic carbocycles. The largest absolute Gasteiger partial charge is 0.207 e. The fourth-order valence-electron chi connectivity index (χ4n) is 1.80. The molecule has 0 aliphatic rings. The van der Waals surface area contributed by atoms with Crippen LogP contribution in [0, 0.1) is 11.7 Å². The molecule has 18 heavy (non-hydrogen) atoms. The first-order chi connectivity index (χ1) is 8.67. The molecule has 0 amide bonds. The zero-order valence-corrected chi connectivity index (χ0v) is 11.6. The Morgan fingerprint density at radius 3 is 2.56 bits per heavy atom. The maximum atomic E-state index is 12.8. The van der Waals surface area contributed by atoms with Crippen molar-refractivity contribution in [2.24, 2.45) is 13.0 Å². The fraction of sp³-hybridized carbons (Fsp3) is 0.417. The third-order valence-electron chi connectivity index (χ3n) is 2.68. The molecule has 0 radical (unpaired) electrons. The van der Waals surface area contributed by atoms with Gasteiger partial charge in [-0.1, -0.05) is 28.1 Å². The predicted molar refractivity (Wildman–Crippen MR) is 69.9 cm³/mol. The third-order valence-corrected chi connectivity index (χ3v) is 3.59. The van der Waals surface area contributed by atoms with Crippen LogP contribution >= 0.6 is 15.9 Å². The van der Waals surface area contributed by atoms with Crippen LogP contribution < -0.4 is 0 Å². The first-order valence-corrected chi connectivity index (χ1v) is 6.83. The molecule has 2 rings (SSSR count). The number of hydrogen-bond donors (Lipinski definition) is 0. The number of alkyl halides is 1. The van der Waals surface area contributed by atoms with Crippen molar-refractivity contribution in [2.75, 3.05) is 5.33 Å². The summed E-state index contributed by atoms with van der Waals surface area (Å²) in [5.74, 6) is 0.911. The van der Waals surface area contributed by atoms with Crippen molar-refractivity contribution in [3.05, 3.63) is 41.5 Å². The van der Waals surface area contributed by atoms with Crippen LogP contribution in [0.1, 0.15) is 11.4 Å². The van der Waals surface area contributed by atoms with E-state index < -0.39 is 0 Å². The van der Waals surface area contributed by atoms with Gasteiger partial charge in [0, 0.05) is 11.8 Å². The highest BCUT2D eigenvalue weighted by molar-refractivity contribution is 9.09. The van der Waals surface area contributed by atoms with Crippen LogP contribution in [0.3, 0.4) is 0 Å². The Hall–Kier alpha value is -1.30. The molecule has 1 aromatic heterocycles. The van der Waals surface area contributed by atoms with Crippen LogP contribution in [0.4, 0.5) is 4.39 Å². The van der Waals surface area contributed by atoms with Crippen LogP contribution in [0.25, 0.3) is 0 Å². The number of rotatable bonds is 5. The number of nitrogens with zero attached hydrogens (tertiary/aromatic N) is 4. The molecule has 0 aliphatic heterocycles. The van der Waals surface area contributed by atoms with E-state index in [1.807, 2.05) is 12.1 Å². The highest BCUT2D eigenvalue weighted by atomic mass is 79.9. The van der Waals surface area contributed by atoms with Gasteiger partial charge in [-0.05, 0) is 35.2 Å². The highest BCUT2D eigenvalue weighted by Gasteiger charge is 2.12. The Morgan fingerprint density at radius 1 is 1.28 bits per heavy atom. The predicted octanol–water partition coefficient (Wildman–Crippen LogP) is 2.15. The molecule has 0 N–H and O–H groups in total. The first-order valence-electron chi connectivity index (χ1n) is 5.70. The minimum atomic E-state index is -0.204. The van der Waals surface area contributed by atoms with Crippen molar-refractivity contribution in [3.8, 4) is 0 Å². The third kappa shape index (κ3) is 3.60. The summed E-state index contributed by atoms with van der Waals surface area (Å²) in [7, 11) is 1.75. The average Bonchev–Trinajstić information content (AvgIpc) is 2.77. The Kier molecular flexibility index (Phi) is 4.41. The minimum absolute atomic E-state index is 0.204. The van der Waals surface area contributed by atoms with Gasteiger partial charge in [0.05, 0.1) is 7.05 Å². The standard InChI is InChI=1S/C12H14BrFN4/c1-18-16-12(15-17-18)7-10(8-13)6-9-2-4-11(14)5-3-9/h2-5,10H,6-8H2,1H3. The molecule has 96 valence electrons. The van der Waals surface area contributed by atoms with E-state index in [0.29, 0.717) is 5.92 Å². The summed E-state index contributed by atoms with van der Waals surface area (Å²) in [6.07, 6.45) is 1.63. The summed E-state index contributed by atoms with van der Waals surface area (Å²) in [6.45, 7) is 0. The number of tetrazole rings is 1. The van der Waals surface area contributed by atoms with Crippen molar-refractivity contribution in [2.45, 2.75) is 12.8 Å². The van der Waals surface area contributed by atoms with Crippen molar-refractivity contribution in [1.29, 1.82) is 0 Å². The van der Waals surface area contributed by atoms with Gasteiger partial charge in [-0.3, -0.25) is 0 Å². The van der Waals surface area contributed by atoms with Crippen LogP contribution in [-0.4, -0.2) is 25.5 Å². The quantitative estimate of drug-likeness (QED) is 0.795. The van der Waals surface area contributed by atoms with E-state index in [1.165, 1.54) is 16.9 Å². The normalized spacial score (nSPS) is 12.6.